The van der Waals surface area contributed by atoms with Gasteiger partial charge in [0, 0.05) is 19.8 Å². The zero-order valence-electron chi connectivity index (χ0n) is 19.2. The van der Waals surface area contributed by atoms with Gasteiger partial charge in [0.25, 0.3) is 0 Å². The number of hydrogen-bond acceptors (Lipinski definition) is 7. The minimum atomic E-state index is -0.934. The number of urea groups is 1. The van der Waals surface area contributed by atoms with Gasteiger partial charge in [-0.25, -0.2) is 9.78 Å². The lowest BCUT2D eigenvalue weighted by molar-refractivity contribution is 0.262. The number of nitrogens with one attached hydrogen (secondary N) is 2. The molecule has 162 valence electrons. The number of fused-ring (bicyclic) bond motifs is 3. The van der Waals surface area contributed by atoms with Crippen LogP contribution in [-0.4, -0.2) is 42.5 Å². The van der Waals surface area contributed by atoms with Gasteiger partial charge in [-0.2, -0.15) is 14.6 Å². The molecule has 5 rings (SSSR count). The lowest BCUT2D eigenvalue weighted by atomic mass is 10.3. The van der Waals surface area contributed by atoms with Crippen molar-refractivity contribution in [3.63, 3.8) is 0 Å². The zero-order valence-corrected chi connectivity index (χ0v) is 17.2. The summed E-state index contributed by atoms with van der Waals surface area (Å²) >= 11 is 0. The number of carbonyl (C=O) groups is 1. The predicted molar refractivity (Wildman–Crippen MR) is 118 cm³/mol. The summed E-state index contributed by atoms with van der Waals surface area (Å²) in [6, 6.07) is 9.74. The minimum Gasteiger partial charge on any atom is -0.497 e. The van der Waals surface area contributed by atoms with E-state index in [1.54, 1.807) is 56.6 Å². The molecule has 0 saturated carbocycles. The Kier molecular flexibility index (Phi) is 4.33. The average molecular weight is 436 g/mol. The first-order chi connectivity index (χ1) is 16.4. The van der Waals surface area contributed by atoms with E-state index in [1.807, 2.05) is 0 Å². The summed E-state index contributed by atoms with van der Waals surface area (Å²) < 4.78 is 29.3. The number of anilines is 2. The third kappa shape index (κ3) is 3.60. The van der Waals surface area contributed by atoms with Gasteiger partial charge in [-0.3, -0.25) is 10.00 Å². The summed E-state index contributed by atoms with van der Waals surface area (Å²) in [5.74, 6) is 1.47. The van der Waals surface area contributed by atoms with Gasteiger partial charge in [0.2, 0.25) is 11.8 Å². The monoisotopic (exact) mass is 436 g/mol. The van der Waals surface area contributed by atoms with E-state index >= 15 is 0 Å². The van der Waals surface area contributed by atoms with Gasteiger partial charge < -0.3 is 14.5 Å². The number of ether oxygens (including phenoxy) is 1. The third-order valence-corrected chi connectivity index (χ3v) is 4.59. The summed E-state index contributed by atoms with van der Waals surface area (Å²) in [5.41, 5.74) is 1.17. The smallest absolute Gasteiger partial charge is 0.326 e. The van der Waals surface area contributed by atoms with E-state index in [-0.39, 0.29) is 11.6 Å². The van der Waals surface area contributed by atoms with Gasteiger partial charge in [0.05, 0.1) is 20.1 Å². The molecule has 0 fully saturated rings. The topological polar surface area (TPSA) is 124 Å². The fraction of sp³-hybridized carbons (Fsp3) is 0.190. The van der Waals surface area contributed by atoms with E-state index in [1.165, 1.54) is 15.5 Å². The summed E-state index contributed by atoms with van der Waals surface area (Å²) in [6.07, 6.45) is 2.39. The van der Waals surface area contributed by atoms with Gasteiger partial charge in [-0.1, -0.05) is 6.92 Å². The second kappa shape index (κ2) is 8.02. The molecule has 4 heterocycles. The van der Waals surface area contributed by atoms with Gasteiger partial charge >= 0.3 is 6.03 Å². The van der Waals surface area contributed by atoms with Crippen LogP contribution in [0.25, 0.3) is 28.3 Å². The molecule has 0 saturated heterocycles. The number of amides is 2. The molecule has 1 aromatic carbocycles. The van der Waals surface area contributed by atoms with Crippen molar-refractivity contribution in [1.29, 1.82) is 0 Å². The average Bonchev–Trinajstić information content (AvgIpc) is 3.57. The number of rotatable bonds is 6. The molecule has 11 heteroatoms. The van der Waals surface area contributed by atoms with Crippen LogP contribution < -0.4 is 15.4 Å². The van der Waals surface area contributed by atoms with Crippen LogP contribution in [0.15, 0.2) is 53.3 Å². The standard InChI is InChI=1S/C21H20N8O3/c1-3-10-28-12-15-17(26-28)24-20(25-21(30)22-13-6-8-14(31-2)9-7-13)29-19(15)23-18(27-29)16-5-4-11-32-16/h4-9,11-12H,3,10H2,1-2H3,(H2,22,24,25,26,30)/i3T,10T. The first-order valence-corrected chi connectivity index (χ1v) is 9.69. The Morgan fingerprint density at radius 3 is 2.75 bits per heavy atom. The zero-order chi connectivity index (χ0) is 23.8. The van der Waals surface area contributed by atoms with Crippen molar-refractivity contribution in [2.75, 3.05) is 17.7 Å². The number of aryl methyl sites for hydroxylation is 1. The number of aromatic nitrogens is 6. The molecular formula is C21H20N8O3. The van der Waals surface area contributed by atoms with E-state index in [0.717, 1.165) is 0 Å². The highest BCUT2D eigenvalue weighted by Gasteiger charge is 2.19. The van der Waals surface area contributed by atoms with E-state index < -0.39 is 18.9 Å². The molecule has 2 atom stereocenters. The fourth-order valence-electron chi connectivity index (χ4n) is 3.16. The van der Waals surface area contributed by atoms with E-state index in [2.05, 4.69) is 30.8 Å². The van der Waals surface area contributed by atoms with Gasteiger partial charge in [0.1, 0.15) is 5.75 Å². The van der Waals surface area contributed by atoms with Crippen LogP contribution in [0.1, 0.15) is 16.1 Å². The first kappa shape index (κ1) is 17.3. The highest BCUT2D eigenvalue weighted by atomic mass is 16.5. The molecule has 5 aromatic rings. The number of benzene rings is 1. The van der Waals surface area contributed by atoms with Crippen molar-refractivity contribution < 1.29 is 16.7 Å². The predicted octanol–water partition coefficient (Wildman–Crippen LogP) is 3.80. The molecule has 0 radical (unpaired) electrons. The van der Waals surface area contributed by atoms with Gasteiger partial charge in [0.15, 0.2) is 17.1 Å². The summed E-state index contributed by atoms with van der Waals surface area (Å²) in [4.78, 5) is 21.7. The lowest BCUT2D eigenvalue weighted by Crippen LogP contribution is -2.22. The molecule has 2 unspecified atom stereocenters. The van der Waals surface area contributed by atoms with Crippen molar-refractivity contribution in [2.45, 2.75) is 19.8 Å². The molecule has 0 aliphatic heterocycles. The Balaban J connectivity index is 1.55. The second-order valence-corrected chi connectivity index (χ2v) is 6.72. The highest BCUT2D eigenvalue weighted by Crippen LogP contribution is 2.24. The van der Waals surface area contributed by atoms with E-state index in [9.17, 15) is 4.79 Å². The Morgan fingerprint density at radius 2 is 2.03 bits per heavy atom. The van der Waals surface area contributed by atoms with Crippen LogP contribution in [0.5, 0.6) is 5.75 Å². The van der Waals surface area contributed by atoms with Crippen LogP contribution >= 0.6 is 0 Å². The quantitative estimate of drug-likeness (QED) is 0.415. The summed E-state index contributed by atoms with van der Waals surface area (Å²) in [5, 5.41) is 14.7. The van der Waals surface area contributed by atoms with E-state index in [0.29, 0.717) is 34.1 Å². The molecule has 0 aliphatic carbocycles. The lowest BCUT2D eigenvalue weighted by Gasteiger charge is -2.08. The third-order valence-electron chi connectivity index (χ3n) is 4.59. The molecule has 2 N–H and O–H groups in total. The number of methoxy groups -OCH3 is 1. The largest absolute Gasteiger partial charge is 0.497 e. The Bertz CT molecular complexity index is 1460. The first-order valence-electron chi connectivity index (χ1n) is 10.8. The maximum Gasteiger partial charge on any atom is 0.326 e. The second-order valence-electron chi connectivity index (χ2n) is 6.72. The molecule has 0 spiro atoms. The van der Waals surface area contributed by atoms with Crippen LogP contribution in [-0.2, 0) is 6.52 Å². The van der Waals surface area contributed by atoms with Gasteiger partial charge in [-0.15, -0.1) is 5.10 Å². The number of furan rings is 1. The Hall–Kier alpha value is -4.41. The molecule has 11 nitrogen and oxygen atoms in total. The van der Waals surface area contributed by atoms with Crippen LogP contribution in [0.4, 0.5) is 16.4 Å². The Morgan fingerprint density at radius 1 is 1.19 bits per heavy atom. The minimum absolute atomic E-state index is 0.0736. The van der Waals surface area contributed by atoms with Crippen LogP contribution in [0.2, 0.25) is 0 Å². The van der Waals surface area contributed by atoms with Crippen LogP contribution in [0, 0.1) is 0 Å². The van der Waals surface area contributed by atoms with Crippen molar-refractivity contribution in [1.82, 2.24) is 29.4 Å². The highest BCUT2D eigenvalue weighted by molar-refractivity contribution is 6.00. The number of hydrogen-bond donors (Lipinski definition) is 2. The summed E-state index contributed by atoms with van der Waals surface area (Å²) in [6.45, 7) is 0.673. The maximum absolute atomic E-state index is 12.7. The summed E-state index contributed by atoms with van der Waals surface area (Å²) in [7, 11) is 1.56. The molecule has 4 aromatic heterocycles. The molecule has 32 heavy (non-hydrogen) atoms. The normalized spacial score (nSPS) is 14.1. The molecular weight excluding hydrogens is 412 g/mol. The van der Waals surface area contributed by atoms with Crippen LogP contribution in [0.3, 0.4) is 0 Å². The Labute approximate surface area is 184 Å². The molecule has 2 amide bonds. The number of nitrogens with zero attached hydrogens (tertiary/aromatic N) is 6. The maximum atomic E-state index is 12.7. The molecule has 0 bridgehead atoms. The van der Waals surface area contributed by atoms with Crippen molar-refractivity contribution in [3.05, 3.63) is 48.9 Å². The number of carbonyl (C=O) groups excluding carboxylic acids is 1. The van der Waals surface area contributed by atoms with Crippen molar-refractivity contribution in [3.8, 4) is 17.3 Å². The fourth-order valence-corrected chi connectivity index (χ4v) is 3.16. The SMILES string of the molecule is [3H]C(C)C([3H])n1cc2c(nc(NC(=O)Nc3ccc(OC)cc3)n3nc(-c4ccco4)nc23)n1. The van der Waals surface area contributed by atoms with Gasteiger partial charge in [-0.05, 0) is 42.8 Å². The molecule has 0 aliphatic rings. The van der Waals surface area contributed by atoms with Crippen molar-refractivity contribution in [2.24, 2.45) is 0 Å². The van der Waals surface area contributed by atoms with E-state index in [4.69, 9.17) is 11.9 Å². The van der Waals surface area contributed by atoms with Crippen molar-refractivity contribution >= 4 is 34.3 Å².